The molecule has 0 fully saturated rings. The summed E-state index contributed by atoms with van der Waals surface area (Å²) in [5, 5.41) is 11.7. The summed E-state index contributed by atoms with van der Waals surface area (Å²) in [6, 6.07) is 3.43. The summed E-state index contributed by atoms with van der Waals surface area (Å²) in [5.41, 5.74) is 0.0262. The van der Waals surface area contributed by atoms with E-state index in [9.17, 15) is 9.59 Å². The van der Waals surface area contributed by atoms with Gasteiger partial charge in [0.25, 0.3) is 5.91 Å². The zero-order chi connectivity index (χ0) is 20.1. The fourth-order valence-corrected chi connectivity index (χ4v) is 1.98. The molecule has 4 N–H and O–H groups in total. The van der Waals surface area contributed by atoms with Crippen LogP contribution in [0.3, 0.4) is 0 Å². The topological polar surface area (TPSA) is 117 Å². The zero-order valence-electron chi connectivity index (χ0n) is 16.9. The number of aromatic nitrogens is 1. The molecule has 0 radical (unpaired) electrons. The van der Waals surface area contributed by atoms with Crippen LogP contribution < -0.4 is 21.3 Å². The number of nitrogens with one attached hydrogen (secondary N) is 4. The average molecular weight is 506 g/mol. The normalized spacial score (nSPS) is 11.1. The van der Waals surface area contributed by atoms with Gasteiger partial charge in [-0.25, -0.2) is 4.79 Å². The van der Waals surface area contributed by atoms with Crippen LogP contribution in [-0.4, -0.2) is 61.8 Å². The molecule has 0 aromatic carbocycles. The van der Waals surface area contributed by atoms with Gasteiger partial charge in [0.1, 0.15) is 5.60 Å². The lowest BCUT2D eigenvalue weighted by Crippen LogP contribution is -2.42. The minimum atomic E-state index is -0.499. The first-order valence-corrected chi connectivity index (χ1v) is 8.91. The quantitative estimate of drug-likeness (QED) is 0.184. The third kappa shape index (κ3) is 12.3. The van der Waals surface area contributed by atoms with Crippen LogP contribution in [-0.2, 0) is 4.74 Å². The molecule has 2 amide bonds. The number of carbonyl (C=O) groups excluding carboxylic acids is 2. The van der Waals surface area contributed by atoms with Crippen LogP contribution in [0.2, 0.25) is 0 Å². The van der Waals surface area contributed by atoms with Crippen LogP contribution in [0.25, 0.3) is 0 Å². The van der Waals surface area contributed by atoms with Crippen LogP contribution in [0.1, 0.15) is 37.6 Å². The molecule has 158 valence electrons. The van der Waals surface area contributed by atoms with Gasteiger partial charge < -0.3 is 26.0 Å². The maximum Gasteiger partial charge on any atom is 0.407 e. The highest BCUT2D eigenvalue weighted by Crippen LogP contribution is 2.06. The predicted molar refractivity (Wildman–Crippen MR) is 120 cm³/mol. The van der Waals surface area contributed by atoms with Gasteiger partial charge in [0.05, 0.1) is 5.56 Å². The van der Waals surface area contributed by atoms with E-state index in [2.05, 4.69) is 31.2 Å². The molecule has 1 heterocycles. The van der Waals surface area contributed by atoms with Gasteiger partial charge in [-0.05, 0) is 39.3 Å². The van der Waals surface area contributed by atoms with Crippen molar-refractivity contribution < 1.29 is 14.3 Å². The Hall–Kier alpha value is -2.11. The fraction of sp³-hybridized carbons (Fsp3) is 0.556. The second-order valence-corrected chi connectivity index (χ2v) is 6.71. The maximum atomic E-state index is 11.9. The SMILES string of the molecule is CN=C(NCCCNC(=O)OC(C)(C)C)NCCNC(=O)c1cccnc1.I. The standard InChI is InChI=1S/C18H30N6O3.HI/c1-18(2,3)27-17(26)24-10-6-9-22-16(19-4)23-12-11-21-15(25)14-7-5-8-20-13-14;/h5,7-8,13H,6,9-12H2,1-4H3,(H,21,25)(H,24,26)(H2,19,22,23);1H. The van der Waals surface area contributed by atoms with Gasteiger partial charge in [-0.1, -0.05) is 0 Å². The molecule has 0 saturated carbocycles. The summed E-state index contributed by atoms with van der Waals surface area (Å²) in [6.07, 6.45) is 3.44. The highest BCUT2D eigenvalue weighted by Gasteiger charge is 2.15. The van der Waals surface area contributed by atoms with E-state index in [1.54, 1.807) is 25.4 Å². The molecule has 0 bridgehead atoms. The molecule has 0 atom stereocenters. The molecular weight excluding hydrogens is 475 g/mol. The summed E-state index contributed by atoms with van der Waals surface area (Å²) in [4.78, 5) is 31.4. The molecule has 0 aliphatic carbocycles. The third-order valence-corrected chi connectivity index (χ3v) is 3.16. The number of rotatable bonds is 8. The van der Waals surface area contributed by atoms with Crippen molar-refractivity contribution in [2.24, 2.45) is 4.99 Å². The second-order valence-electron chi connectivity index (χ2n) is 6.71. The van der Waals surface area contributed by atoms with Crippen molar-refractivity contribution >= 4 is 41.9 Å². The van der Waals surface area contributed by atoms with E-state index in [1.165, 1.54) is 6.20 Å². The number of amides is 2. The Kier molecular flexibility index (Phi) is 12.9. The van der Waals surface area contributed by atoms with E-state index in [0.29, 0.717) is 37.7 Å². The van der Waals surface area contributed by atoms with Crippen molar-refractivity contribution in [3.8, 4) is 0 Å². The van der Waals surface area contributed by atoms with Gasteiger partial charge in [0, 0.05) is 45.6 Å². The van der Waals surface area contributed by atoms with Crippen molar-refractivity contribution in [2.75, 3.05) is 33.2 Å². The third-order valence-electron chi connectivity index (χ3n) is 3.16. The molecule has 1 aromatic rings. The summed E-state index contributed by atoms with van der Waals surface area (Å²) in [7, 11) is 1.67. The number of pyridine rings is 1. The lowest BCUT2D eigenvalue weighted by Gasteiger charge is -2.19. The van der Waals surface area contributed by atoms with Crippen LogP contribution in [0.15, 0.2) is 29.5 Å². The number of guanidine groups is 1. The van der Waals surface area contributed by atoms with Crippen LogP contribution in [0, 0.1) is 0 Å². The fourth-order valence-electron chi connectivity index (χ4n) is 1.98. The molecule has 0 spiro atoms. The Balaban J connectivity index is 0.00000729. The summed E-state index contributed by atoms with van der Waals surface area (Å²) >= 11 is 0. The van der Waals surface area contributed by atoms with E-state index >= 15 is 0 Å². The molecular formula is C18H31IN6O3. The Morgan fingerprint density at radius 2 is 1.71 bits per heavy atom. The minimum Gasteiger partial charge on any atom is -0.444 e. The van der Waals surface area contributed by atoms with Gasteiger partial charge in [0.15, 0.2) is 5.96 Å². The van der Waals surface area contributed by atoms with Crippen molar-refractivity contribution in [1.29, 1.82) is 0 Å². The minimum absolute atomic E-state index is 0. The van der Waals surface area contributed by atoms with Gasteiger partial charge in [-0.3, -0.25) is 14.8 Å². The number of alkyl carbamates (subject to hydrolysis) is 1. The largest absolute Gasteiger partial charge is 0.444 e. The van der Waals surface area contributed by atoms with Gasteiger partial charge >= 0.3 is 6.09 Å². The number of carbonyl (C=O) groups is 2. The molecule has 1 aromatic heterocycles. The summed E-state index contributed by atoms with van der Waals surface area (Å²) in [5.74, 6) is 0.462. The lowest BCUT2D eigenvalue weighted by molar-refractivity contribution is 0.0527. The summed E-state index contributed by atoms with van der Waals surface area (Å²) in [6.45, 7) is 7.59. The first-order valence-electron chi connectivity index (χ1n) is 8.91. The molecule has 0 unspecified atom stereocenters. The number of hydrogen-bond donors (Lipinski definition) is 4. The molecule has 0 saturated heterocycles. The molecule has 0 aliphatic rings. The number of ether oxygens (including phenoxy) is 1. The maximum absolute atomic E-state index is 11.9. The number of nitrogens with zero attached hydrogens (tertiary/aromatic N) is 2. The zero-order valence-corrected chi connectivity index (χ0v) is 19.2. The van der Waals surface area contributed by atoms with Crippen molar-refractivity contribution in [3.05, 3.63) is 30.1 Å². The van der Waals surface area contributed by atoms with Crippen LogP contribution in [0.5, 0.6) is 0 Å². The van der Waals surface area contributed by atoms with Gasteiger partial charge in [-0.2, -0.15) is 0 Å². The van der Waals surface area contributed by atoms with Gasteiger partial charge in [0.2, 0.25) is 0 Å². The lowest BCUT2D eigenvalue weighted by atomic mass is 10.2. The Morgan fingerprint density at radius 1 is 1.07 bits per heavy atom. The first kappa shape index (κ1) is 25.9. The van der Waals surface area contributed by atoms with E-state index in [1.807, 2.05) is 20.8 Å². The highest BCUT2D eigenvalue weighted by atomic mass is 127. The van der Waals surface area contributed by atoms with Crippen LogP contribution >= 0.6 is 24.0 Å². The number of halogens is 1. The van der Waals surface area contributed by atoms with E-state index in [0.717, 1.165) is 6.42 Å². The van der Waals surface area contributed by atoms with E-state index < -0.39 is 11.7 Å². The number of aliphatic imine (C=N–C) groups is 1. The Labute approximate surface area is 183 Å². The van der Waals surface area contributed by atoms with E-state index in [4.69, 9.17) is 4.74 Å². The Morgan fingerprint density at radius 3 is 2.32 bits per heavy atom. The monoisotopic (exact) mass is 506 g/mol. The molecule has 28 heavy (non-hydrogen) atoms. The molecule has 0 aliphatic heterocycles. The van der Waals surface area contributed by atoms with Crippen molar-refractivity contribution in [3.63, 3.8) is 0 Å². The van der Waals surface area contributed by atoms with E-state index in [-0.39, 0.29) is 29.9 Å². The Bertz CT molecular complexity index is 619. The predicted octanol–water partition coefficient (Wildman–Crippen LogP) is 1.51. The van der Waals surface area contributed by atoms with Crippen LogP contribution in [0.4, 0.5) is 4.79 Å². The molecule has 10 heteroatoms. The molecule has 1 rings (SSSR count). The highest BCUT2D eigenvalue weighted by molar-refractivity contribution is 14.0. The van der Waals surface area contributed by atoms with Crippen molar-refractivity contribution in [2.45, 2.75) is 32.8 Å². The molecule has 9 nitrogen and oxygen atoms in total. The average Bonchev–Trinajstić information content (AvgIpc) is 2.62. The smallest absolute Gasteiger partial charge is 0.407 e. The second kappa shape index (κ2) is 14.0. The summed E-state index contributed by atoms with van der Waals surface area (Å²) < 4.78 is 5.16. The first-order chi connectivity index (χ1) is 12.8. The van der Waals surface area contributed by atoms with Gasteiger partial charge in [-0.15, -0.1) is 24.0 Å². The van der Waals surface area contributed by atoms with Crippen molar-refractivity contribution in [1.82, 2.24) is 26.3 Å². The number of hydrogen-bond acceptors (Lipinski definition) is 5.